The van der Waals surface area contributed by atoms with E-state index in [-0.39, 0.29) is 5.91 Å². The average molecular weight is 357 g/mol. The van der Waals surface area contributed by atoms with Crippen molar-refractivity contribution in [1.29, 1.82) is 0 Å². The monoisotopic (exact) mass is 357 g/mol. The van der Waals surface area contributed by atoms with Crippen molar-refractivity contribution in [2.24, 2.45) is 0 Å². The molecule has 0 atom stereocenters. The summed E-state index contributed by atoms with van der Waals surface area (Å²) >= 11 is 0. The number of hydrogen-bond donors (Lipinski definition) is 1. The Labute approximate surface area is 154 Å². The molecule has 4 rings (SSSR count). The molecule has 0 saturated heterocycles. The minimum Gasteiger partial charge on any atom is -0.323 e. The number of nitrogens with one attached hydrogen (secondary N) is 1. The summed E-state index contributed by atoms with van der Waals surface area (Å²) in [5.41, 5.74) is 3.29. The molecule has 2 aromatic heterocycles. The van der Waals surface area contributed by atoms with Gasteiger partial charge in [0, 0.05) is 23.5 Å². The molecule has 0 bridgehead atoms. The van der Waals surface area contributed by atoms with Gasteiger partial charge in [-0.15, -0.1) is 5.10 Å². The Morgan fingerprint density at radius 2 is 1.74 bits per heavy atom. The summed E-state index contributed by atoms with van der Waals surface area (Å²) in [6, 6.07) is 17.0. The summed E-state index contributed by atoms with van der Waals surface area (Å²) in [5, 5.41) is 18.1. The van der Waals surface area contributed by atoms with Gasteiger partial charge in [-0.25, -0.2) is 9.36 Å². The Morgan fingerprint density at radius 1 is 0.963 bits per heavy atom. The highest BCUT2D eigenvalue weighted by molar-refractivity contribution is 6.01. The number of para-hydroxylation sites is 1. The third-order valence-corrected chi connectivity index (χ3v) is 3.80. The maximum absolute atomic E-state index is 12.1. The lowest BCUT2D eigenvalue weighted by atomic mass is 10.2. The highest BCUT2D eigenvalue weighted by Gasteiger charge is 2.02. The van der Waals surface area contributed by atoms with E-state index >= 15 is 0 Å². The van der Waals surface area contributed by atoms with Crippen molar-refractivity contribution in [1.82, 2.24) is 30.0 Å². The van der Waals surface area contributed by atoms with Crippen LogP contribution in [0.1, 0.15) is 5.56 Å². The molecular weight excluding hydrogens is 342 g/mol. The van der Waals surface area contributed by atoms with E-state index < -0.39 is 0 Å². The van der Waals surface area contributed by atoms with E-state index in [0.717, 1.165) is 16.9 Å². The van der Waals surface area contributed by atoms with Crippen LogP contribution in [0.5, 0.6) is 0 Å². The maximum Gasteiger partial charge on any atom is 0.248 e. The SMILES string of the molecule is O=C(/C=C/c1cnn(-c2ccccc2)c1)Nc1ccc(-n2cnnn2)cc1. The van der Waals surface area contributed by atoms with Crippen molar-refractivity contribution in [3.63, 3.8) is 0 Å². The van der Waals surface area contributed by atoms with Gasteiger partial charge in [0.1, 0.15) is 6.33 Å². The predicted octanol–water partition coefficient (Wildman–Crippen LogP) is 2.50. The highest BCUT2D eigenvalue weighted by Crippen LogP contribution is 2.13. The first kappa shape index (κ1) is 16.4. The number of tetrazole rings is 1. The van der Waals surface area contributed by atoms with E-state index in [1.165, 1.54) is 17.1 Å². The van der Waals surface area contributed by atoms with Gasteiger partial charge in [-0.3, -0.25) is 4.79 Å². The molecular formula is C19H15N7O. The molecule has 0 spiro atoms. The molecule has 2 aromatic carbocycles. The number of carbonyl (C=O) groups is 1. The molecule has 0 unspecified atom stereocenters. The van der Waals surface area contributed by atoms with E-state index in [0.29, 0.717) is 5.69 Å². The van der Waals surface area contributed by atoms with Crippen LogP contribution in [0.3, 0.4) is 0 Å². The van der Waals surface area contributed by atoms with Crippen LogP contribution in [-0.4, -0.2) is 35.9 Å². The van der Waals surface area contributed by atoms with E-state index in [1.54, 1.807) is 29.1 Å². The molecule has 0 saturated carbocycles. The zero-order chi connectivity index (χ0) is 18.5. The molecule has 8 nitrogen and oxygen atoms in total. The molecule has 2 heterocycles. The quantitative estimate of drug-likeness (QED) is 0.554. The fraction of sp³-hybridized carbons (Fsp3) is 0. The zero-order valence-electron chi connectivity index (χ0n) is 14.2. The van der Waals surface area contributed by atoms with Gasteiger partial charge < -0.3 is 5.32 Å². The van der Waals surface area contributed by atoms with Crippen LogP contribution in [0, 0.1) is 0 Å². The van der Waals surface area contributed by atoms with Crippen molar-refractivity contribution in [3.8, 4) is 11.4 Å². The highest BCUT2D eigenvalue weighted by atomic mass is 16.1. The second-order valence-corrected chi connectivity index (χ2v) is 5.68. The molecule has 4 aromatic rings. The first-order chi connectivity index (χ1) is 13.3. The Morgan fingerprint density at radius 3 is 2.48 bits per heavy atom. The van der Waals surface area contributed by atoms with Crippen molar-refractivity contribution in [2.75, 3.05) is 5.32 Å². The summed E-state index contributed by atoms with van der Waals surface area (Å²) < 4.78 is 3.30. The Hall–Kier alpha value is -4.07. The minimum absolute atomic E-state index is 0.224. The number of aromatic nitrogens is 6. The number of hydrogen-bond acceptors (Lipinski definition) is 5. The fourth-order valence-electron chi connectivity index (χ4n) is 2.48. The molecule has 0 fully saturated rings. The molecule has 1 amide bonds. The van der Waals surface area contributed by atoms with Crippen LogP contribution in [0.25, 0.3) is 17.5 Å². The van der Waals surface area contributed by atoms with E-state index in [2.05, 4.69) is 25.9 Å². The number of amides is 1. The topological polar surface area (TPSA) is 90.5 Å². The molecule has 1 N–H and O–H groups in total. The molecule has 27 heavy (non-hydrogen) atoms. The number of benzene rings is 2. The van der Waals surface area contributed by atoms with Gasteiger partial charge in [-0.2, -0.15) is 5.10 Å². The van der Waals surface area contributed by atoms with Crippen LogP contribution in [0.15, 0.2) is 79.4 Å². The number of carbonyl (C=O) groups excluding carboxylic acids is 1. The summed E-state index contributed by atoms with van der Waals surface area (Å²) in [5.74, 6) is -0.224. The van der Waals surface area contributed by atoms with Gasteiger partial charge in [0.2, 0.25) is 5.91 Å². The van der Waals surface area contributed by atoms with Gasteiger partial charge in [0.05, 0.1) is 17.6 Å². The summed E-state index contributed by atoms with van der Waals surface area (Å²) in [4.78, 5) is 12.1. The Bertz CT molecular complexity index is 1050. The summed E-state index contributed by atoms with van der Waals surface area (Å²) in [6.45, 7) is 0. The largest absolute Gasteiger partial charge is 0.323 e. The second-order valence-electron chi connectivity index (χ2n) is 5.68. The molecule has 0 aliphatic heterocycles. The van der Waals surface area contributed by atoms with Gasteiger partial charge in [0.15, 0.2) is 0 Å². The van der Waals surface area contributed by atoms with Crippen LogP contribution in [-0.2, 0) is 4.79 Å². The molecule has 0 radical (unpaired) electrons. The molecule has 8 heteroatoms. The van der Waals surface area contributed by atoms with Crippen LogP contribution in [0.4, 0.5) is 5.69 Å². The van der Waals surface area contributed by atoms with Crippen molar-refractivity contribution in [3.05, 3.63) is 85.0 Å². The number of rotatable bonds is 5. The van der Waals surface area contributed by atoms with Gasteiger partial charge in [-0.05, 0) is 52.9 Å². The lowest BCUT2D eigenvalue weighted by Gasteiger charge is -2.03. The number of anilines is 1. The average Bonchev–Trinajstić information content (AvgIpc) is 3.40. The first-order valence-corrected chi connectivity index (χ1v) is 8.20. The Balaban J connectivity index is 1.38. The zero-order valence-corrected chi connectivity index (χ0v) is 14.2. The third-order valence-electron chi connectivity index (χ3n) is 3.80. The summed E-state index contributed by atoms with van der Waals surface area (Å²) in [6.07, 6.45) is 8.27. The fourth-order valence-corrected chi connectivity index (χ4v) is 2.48. The lowest BCUT2D eigenvalue weighted by molar-refractivity contribution is -0.111. The predicted molar refractivity (Wildman–Crippen MR) is 100 cm³/mol. The van der Waals surface area contributed by atoms with Crippen molar-refractivity contribution < 1.29 is 4.79 Å². The van der Waals surface area contributed by atoms with Crippen LogP contribution >= 0.6 is 0 Å². The molecule has 0 aliphatic carbocycles. The molecule has 0 aliphatic rings. The second kappa shape index (κ2) is 7.44. The van der Waals surface area contributed by atoms with Crippen molar-refractivity contribution in [2.45, 2.75) is 0 Å². The minimum atomic E-state index is -0.224. The van der Waals surface area contributed by atoms with Gasteiger partial charge in [-0.1, -0.05) is 18.2 Å². The third kappa shape index (κ3) is 3.96. The molecule has 132 valence electrons. The van der Waals surface area contributed by atoms with Gasteiger partial charge >= 0.3 is 0 Å². The Kier molecular flexibility index (Phi) is 4.52. The van der Waals surface area contributed by atoms with Crippen LogP contribution in [0.2, 0.25) is 0 Å². The van der Waals surface area contributed by atoms with E-state index in [1.807, 2.05) is 48.7 Å². The number of nitrogens with zero attached hydrogens (tertiary/aromatic N) is 6. The summed E-state index contributed by atoms with van der Waals surface area (Å²) in [7, 11) is 0. The van der Waals surface area contributed by atoms with E-state index in [4.69, 9.17) is 0 Å². The first-order valence-electron chi connectivity index (χ1n) is 8.20. The van der Waals surface area contributed by atoms with Crippen molar-refractivity contribution >= 4 is 17.7 Å². The lowest BCUT2D eigenvalue weighted by Crippen LogP contribution is -2.07. The van der Waals surface area contributed by atoms with Gasteiger partial charge in [0.25, 0.3) is 0 Å². The maximum atomic E-state index is 12.1. The van der Waals surface area contributed by atoms with Crippen LogP contribution < -0.4 is 5.32 Å². The van der Waals surface area contributed by atoms with E-state index in [9.17, 15) is 4.79 Å². The standard InChI is InChI=1S/C19H15N7O/c27-19(22-16-7-9-18(10-8-16)26-14-20-23-24-26)11-6-15-12-21-25(13-15)17-4-2-1-3-5-17/h1-14H,(H,22,27)/b11-6+. The normalized spacial score (nSPS) is 11.0. The smallest absolute Gasteiger partial charge is 0.248 e.